The van der Waals surface area contributed by atoms with Gasteiger partial charge in [0.2, 0.25) is 0 Å². The van der Waals surface area contributed by atoms with E-state index in [1.54, 1.807) is 0 Å². The molecule has 19 heavy (non-hydrogen) atoms. The minimum atomic E-state index is 0.751. The second-order valence-electron chi connectivity index (χ2n) is 6.39. The van der Waals surface area contributed by atoms with Crippen LogP contribution in [0, 0.1) is 0 Å². The van der Waals surface area contributed by atoms with Crippen LogP contribution in [-0.2, 0) is 4.74 Å². The first-order chi connectivity index (χ1) is 9.36. The SMILES string of the molecule is CNC1CCCC(N2CCC(N3CCOCC3)C2)C1. The summed E-state index contributed by atoms with van der Waals surface area (Å²) < 4.78 is 5.47. The van der Waals surface area contributed by atoms with E-state index in [-0.39, 0.29) is 0 Å². The van der Waals surface area contributed by atoms with Gasteiger partial charge in [0.25, 0.3) is 0 Å². The van der Waals surface area contributed by atoms with E-state index in [9.17, 15) is 0 Å². The number of morpholine rings is 1. The predicted molar refractivity (Wildman–Crippen MR) is 77.5 cm³/mol. The number of nitrogens with zero attached hydrogens (tertiary/aromatic N) is 2. The molecule has 2 saturated heterocycles. The average Bonchev–Trinajstić information content (AvgIpc) is 2.98. The average molecular weight is 267 g/mol. The van der Waals surface area contributed by atoms with Crippen molar-refractivity contribution in [2.45, 2.75) is 50.2 Å². The third kappa shape index (κ3) is 3.30. The monoisotopic (exact) mass is 267 g/mol. The Morgan fingerprint density at radius 2 is 1.79 bits per heavy atom. The largest absolute Gasteiger partial charge is 0.379 e. The van der Waals surface area contributed by atoms with Crippen LogP contribution in [0.1, 0.15) is 32.1 Å². The molecule has 0 aromatic carbocycles. The van der Waals surface area contributed by atoms with Crippen LogP contribution in [0.25, 0.3) is 0 Å². The quantitative estimate of drug-likeness (QED) is 0.823. The highest BCUT2D eigenvalue weighted by molar-refractivity contribution is 4.91. The molecule has 4 heteroatoms. The molecule has 0 aromatic heterocycles. The molecule has 0 amide bonds. The van der Waals surface area contributed by atoms with Gasteiger partial charge < -0.3 is 10.1 Å². The number of nitrogens with one attached hydrogen (secondary N) is 1. The Bertz CT molecular complexity index is 281. The van der Waals surface area contributed by atoms with E-state index >= 15 is 0 Å². The fraction of sp³-hybridized carbons (Fsp3) is 1.00. The van der Waals surface area contributed by atoms with Crippen molar-refractivity contribution >= 4 is 0 Å². The summed E-state index contributed by atoms with van der Waals surface area (Å²) in [4.78, 5) is 5.42. The van der Waals surface area contributed by atoms with Crippen LogP contribution in [0.3, 0.4) is 0 Å². The van der Waals surface area contributed by atoms with Crippen molar-refractivity contribution in [1.82, 2.24) is 15.1 Å². The van der Waals surface area contributed by atoms with Gasteiger partial charge in [-0.15, -0.1) is 0 Å². The van der Waals surface area contributed by atoms with Crippen molar-refractivity contribution in [2.75, 3.05) is 46.4 Å². The fourth-order valence-electron chi connectivity index (χ4n) is 4.10. The summed E-state index contributed by atoms with van der Waals surface area (Å²) in [5.74, 6) is 0. The lowest BCUT2D eigenvalue weighted by molar-refractivity contribution is 0.0169. The third-order valence-electron chi connectivity index (χ3n) is 5.33. The summed E-state index contributed by atoms with van der Waals surface area (Å²) in [7, 11) is 2.12. The smallest absolute Gasteiger partial charge is 0.0594 e. The third-order valence-corrected chi connectivity index (χ3v) is 5.33. The minimum absolute atomic E-state index is 0.751. The molecule has 1 saturated carbocycles. The second kappa shape index (κ2) is 6.53. The topological polar surface area (TPSA) is 27.7 Å². The number of likely N-dealkylation sites (tertiary alicyclic amines) is 1. The highest BCUT2D eigenvalue weighted by atomic mass is 16.5. The molecule has 2 heterocycles. The number of rotatable bonds is 3. The molecule has 0 radical (unpaired) electrons. The molecule has 0 bridgehead atoms. The predicted octanol–water partition coefficient (Wildman–Crippen LogP) is 0.924. The maximum Gasteiger partial charge on any atom is 0.0594 e. The van der Waals surface area contributed by atoms with Gasteiger partial charge in [0.15, 0.2) is 0 Å². The van der Waals surface area contributed by atoms with Crippen LogP contribution >= 0.6 is 0 Å². The summed E-state index contributed by atoms with van der Waals surface area (Å²) in [6, 6.07) is 2.37. The molecule has 0 spiro atoms. The van der Waals surface area contributed by atoms with E-state index in [0.717, 1.165) is 44.4 Å². The van der Waals surface area contributed by atoms with E-state index in [0.29, 0.717) is 0 Å². The molecule has 110 valence electrons. The van der Waals surface area contributed by atoms with Crippen molar-refractivity contribution in [1.29, 1.82) is 0 Å². The Balaban J connectivity index is 1.50. The molecular formula is C15H29N3O. The van der Waals surface area contributed by atoms with E-state index in [2.05, 4.69) is 22.2 Å². The van der Waals surface area contributed by atoms with E-state index in [1.165, 1.54) is 45.2 Å². The Kier molecular flexibility index (Phi) is 4.74. The van der Waals surface area contributed by atoms with Crippen molar-refractivity contribution in [3.63, 3.8) is 0 Å². The van der Waals surface area contributed by atoms with Crippen LogP contribution in [0.5, 0.6) is 0 Å². The number of hydrogen-bond donors (Lipinski definition) is 1. The van der Waals surface area contributed by atoms with Crippen molar-refractivity contribution in [3.8, 4) is 0 Å². The van der Waals surface area contributed by atoms with Crippen molar-refractivity contribution < 1.29 is 4.74 Å². The van der Waals surface area contributed by atoms with Gasteiger partial charge in [0.1, 0.15) is 0 Å². The van der Waals surface area contributed by atoms with Gasteiger partial charge in [0, 0.05) is 44.3 Å². The molecule has 4 nitrogen and oxygen atoms in total. The van der Waals surface area contributed by atoms with Crippen LogP contribution in [-0.4, -0.2) is 74.4 Å². The van der Waals surface area contributed by atoms with Gasteiger partial charge in [-0.05, 0) is 32.7 Å². The fourth-order valence-corrected chi connectivity index (χ4v) is 4.10. The van der Waals surface area contributed by atoms with Crippen LogP contribution < -0.4 is 5.32 Å². The zero-order valence-corrected chi connectivity index (χ0v) is 12.3. The Labute approximate surface area is 117 Å². The molecule has 2 aliphatic heterocycles. The van der Waals surface area contributed by atoms with Gasteiger partial charge in [-0.25, -0.2) is 0 Å². The normalized spacial score (nSPS) is 38.7. The van der Waals surface area contributed by atoms with E-state index < -0.39 is 0 Å². The Hall–Kier alpha value is -0.160. The first-order valence-electron chi connectivity index (χ1n) is 8.10. The molecule has 1 N–H and O–H groups in total. The molecule has 3 aliphatic rings. The summed E-state index contributed by atoms with van der Waals surface area (Å²) in [5, 5.41) is 3.48. The maximum atomic E-state index is 5.47. The summed E-state index contributed by atoms with van der Waals surface area (Å²) in [5.41, 5.74) is 0. The second-order valence-corrected chi connectivity index (χ2v) is 6.39. The molecular weight excluding hydrogens is 238 g/mol. The molecule has 3 atom stereocenters. The molecule has 0 aromatic rings. The van der Waals surface area contributed by atoms with Crippen molar-refractivity contribution in [2.24, 2.45) is 0 Å². The van der Waals surface area contributed by atoms with Crippen LogP contribution in [0.4, 0.5) is 0 Å². The zero-order chi connectivity index (χ0) is 13.1. The Morgan fingerprint density at radius 1 is 0.947 bits per heavy atom. The molecule has 3 rings (SSSR count). The van der Waals surface area contributed by atoms with Crippen LogP contribution in [0.15, 0.2) is 0 Å². The Morgan fingerprint density at radius 3 is 2.58 bits per heavy atom. The highest BCUT2D eigenvalue weighted by Crippen LogP contribution is 2.27. The zero-order valence-electron chi connectivity index (χ0n) is 12.3. The minimum Gasteiger partial charge on any atom is -0.379 e. The van der Waals surface area contributed by atoms with Gasteiger partial charge in [-0.1, -0.05) is 6.42 Å². The van der Waals surface area contributed by atoms with Crippen LogP contribution in [0.2, 0.25) is 0 Å². The van der Waals surface area contributed by atoms with Gasteiger partial charge in [-0.2, -0.15) is 0 Å². The molecule has 1 aliphatic carbocycles. The maximum absolute atomic E-state index is 5.47. The summed E-state index contributed by atoms with van der Waals surface area (Å²) in [6.07, 6.45) is 6.89. The van der Waals surface area contributed by atoms with Crippen molar-refractivity contribution in [3.05, 3.63) is 0 Å². The van der Waals surface area contributed by atoms with Gasteiger partial charge >= 0.3 is 0 Å². The summed E-state index contributed by atoms with van der Waals surface area (Å²) >= 11 is 0. The molecule has 3 unspecified atom stereocenters. The lowest BCUT2D eigenvalue weighted by Crippen LogP contribution is -2.47. The van der Waals surface area contributed by atoms with E-state index in [1.807, 2.05) is 0 Å². The first-order valence-corrected chi connectivity index (χ1v) is 8.10. The lowest BCUT2D eigenvalue weighted by Gasteiger charge is -2.36. The first kappa shape index (κ1) is 13.8. The number of hydrogen-bond acceptors (Lipinski definition) is 4. The lowest BCUT2D eigenvalue weighted by atomic mass is 9.90. The number of ether oxygens (including phenoxy) is 1. The van der Waals surface area contributed by atoms with E-state index in [4.69, 9.17) is 4.74 Å². The highest BCUT2D eigenvalue weighted by Gasteiger charge is 2.34. The standard InChI is InChI=1S/C15H29N3O/c1-16-13-3-2-4-14(11-13)18-6-5-15(12-18)17-7-9-19-10-8-17/h13-16H,2-12H2,1H3. The van der Waals surface area contributed by atoms with Gasteiger partial charge in [-0.3, -0.25) is 9.80 Å². The molecule has 3 fully saturated rings. The summed E-state index contributed by atoms with van der Waals surface area (Å²) in [6.45, 7) is 6.75. The van der Waals surface area contributed by atoms with Gasteiger partial charge in [0.05, 0.1) is 13.2 Å².